The Labute approximate surface area is 206 Å². The van der Waals surface area contributed by atoms with Crippen LogP contribution in [0.25, 0.3) is 28.0 Å². The molecule has 2 N–H and O–H groups in total. The number of rotatable bonds is 3. The van der Waals surface area contributed by atoms with E-state index in [9.17, 15) is 9.18 Å². The van der Waals surface area contributed by atoms with Crippen molar-refractivity contribution in [2.75, 3.05) is 13.1 Å². The Bertz CT molecular complexity index is 1520. The minimum absolute atomic E-state index is 0.0727. The highest BCUT2D eigenvalue weighted by molar-refractivity contribution is 6.33. The maximum absolute atomic E-state index is 14.5. The first-order valence-electron chi connectivity index (χ1n) is 11.3. The number of hydrogen-bond donors (Lipinski definition) is 1. The molecule has 178 valence electrons. The molecule has 0 saturated carbocycles. The summed E-state index contributed by atoms with van der Waals surface area (Å²) in [5, 5.41) is 14.7. The van der Waals surface area contributed by atoms with E-state index >= 15 is 0 Å². The van der Waals surface area contributed by atoms with Gasteiger partial charge in [0.1, 0.15) is 22.9 Å². The zero-order chi connectivity index (χ0) is 24.9. The quantitative estimate of drug-likeness (QED) is 0.467. The fraction of sp³-hybridized carbons (Fsp3) is 0.280. The van der Waals surface area contributed by atoms with Crippen LogP contribution in [0, 0.1) is 24.1 Å². The van der Waals surface area contributed by atoms with Crippen LogP contribution in [0.3, 0.4) is 0 Å². The van der Waals surface area contributed by atoms with Gasteiger partial charge >= 0.3 is 0 Å². The highest BCUT2D eigenvalue weighted by Gasteiger charge is 2.29. The number of likely N-dealkylation sites (tertiary alicyclic amines) is 1. The zero-order valence-electron chi connectivity index (χ0n) is 19.3. The van der Waals surface area contributed by atoms with Gasteiger partial charge in [0.15, 0.2) is 5.69 Å². The molecule has 0 spiro atoms. The van der Waals surface area contributed by atoms with E-state index in [0.717, 1.165) is 29.4 Å². The summed E-state index contributed by atoms with van der Waals surface area (Å²) in [7, 11) is 1.87. The number of halogens is 2. The van der Waals surface area contributed by atoms with Gasteiger partial charge in [-0.25, -0.2) is 9.37 Å². The first-order chi connectivity index (χ1) is 16.8. The van der Waals surface area contributed by atoms with E-state index in [2.05, 4.69) is 10.1 Å². The predicted molar refractivity (Wildman–Crippen MR) is 131 cm³/mol. The molecule has 0 unspecified atom stereocenters. The summed E-state index contributed by atoms with van der Waals surface area (Å²) in [6, 6.07) is 11.5. The van der Waals surface area contributed by atoms with Crippen molar-refractivity contribution in [1.29, 1.82) is 5.26 Å². The van der Waals surface area contributed by atoms with Crippen LogP contribution in [-0.2, 0) is 7.05 Å². The third kappa shape index (κ3) is 3.95. The average molecular weight is 492 g/mol. The highest BCUT2D eigenvalue weighted by Crippen LogP contribution is 2.33. The van der Waals surface area contributed by atoms with Gasteiger partial charge in [-0.3, -0.25) is 14.0 Å². The average Bonchev–Trinajstić information content (AvgIpc) is 3.34. The van der Waals surface area contributed by atoms with Gasteiger partial charge in [0, 0.05) is 48.5 Å². The van der Waals surface area contributed by atoms with Gasteiger partial charge in [-0.2, -0.15) is 10.4 Å². The van der Waals surface area contributed by atoms with Crippen LogP contribution in [0.15, 0.2) is 36.4 Å². The third-order valence-electron chi connectivity index (χ3n) is 6.49. The Morgan fingerprint density at radius 2 is 2.09 bits per heavy atom. The monoisotopic (exact) mass is 491 g/mol. The van der Waals surface area contributed by atoms with Crippen molar-refractivity contribution < 1.29 is 9.18 Å². The van der Waals surface area contributed by atoms with Gasteiger partial charge in [-0.15, -0.1) is 0 Å². The molecule has 0 bridgehead atoms. The lowest BCUT2D eigenvalue weighted by atomic mass is 10.1. The summed E-state index contributed by atoms with van der Waals surface area (Å²) in [5.74, 6) is -0.703. The summed E-state index contributed by atoms with van der Waals surface area (Å²) < 4.78 is 18.0. The molecule has 10 heteroatoms. The Kier molecular flexibility index (Phi) is 5.79. The molecule has 2 aromatic carbocycles. The second kappa shape index (κ2) is 8.80. The van der Waals surface area contributed by atoms with Crippen molar-refractivity contribution in [3.05, 3.63) is 64.3 Å². The van der Waals surface area contributed by atoms with Crippen molar-refractivity contribution in [3.63, 3.8) is 0 Å². The van der Waals surface area contributed by atoms with Crippen molar-refractivity contribution in [1.82, 2.24) is 24.2 Å². The molecular formula is C25H23ClFN7O. The number of nitrogens with zero attached hydrogens (tertiary/aromatic N) is 6. The molecule has 35 heavy (non-hydrogen) atoms. The number of nitriles is 1. The summed E-state index contributed by atoms with van der Waals surface area (Å²) in [5.41, 5.74) is 8.89. The maximum Gasteiger partial charge on any atom is 0.275 e. The number of piperidine rings is 1. The van der Waals surface area contributed by atoms with E-state index in [0.29, 0.717) is 30.2 Å². The molecule has 1 fully saturated rings. The van der Waals surface area contributed by atoms with E-state index in [-0.39, 0.29) is 28.4 Å². The smallest absolute Gasteiger partial charge is 0.275 e. The molecule has 1 atom stereocenters. The molecule has 1 amide bonds. The molecule has 1 saturated heterocycles. The number of benzene rings is 2. The Hall–Kier alpha value is -3.74. The summed E-state index contributed by atoms with van der Waals surface area (Å²) in [4.78, 5) is 19.7. The van der Waals surface area contributed by atoms with Gasteiger partial charge in [-0.05, 0) is 56.2 Å². The van der Waals surface area contributed by atoms with Crippen LogP contribution in [0.2, 0.25) is 5.15 Å². The molecule has 4 aromatic rings. The van der Waals surface area contributed by atoms with E-state index in [1.807, 2.05) is 38.2 Å². The predicted octanol–water partition coefficient (Wildman–Crippen LogP) is 3.96. The van der Waals surface area contributed by atoms with Gasteiger partial charge in [0.05, 0.1) is 11.1 Å². The zero-order valence-corrected chi connectivity index (χ0v) is 20.1. The van der Waals surface area contributed by atoms with Crippen LogP contribution in [-0.4, -0.2) is 49.3 Å². The summed E-state index contributed by atoms with van der Waals surface area (Å²) in [6.07, 6.45) is 1.65. The second-order valence-corrected chi connectivity index (χ2v) is 9.14. The molecule has 2 aromatic heterocycles. The molecule has 0 aliphatic carbocycles. The highest BCUT2D eigenvalue weighted by atomic mass is 35.5. The standard InChI is InChI=1S/C25H23ClFN7O/c1-14-19-11-18(7-8-21(19)31-32(14)2)34-23(26)22(25(35)33-9-3-4-17(29)13-33)30-24(34)15-5-6-16(12-28)20(27)10-15/h5-8,10-11,17H,3-4,9,13,29H2,1-2H3/t17-/m1/s1. The molecule has 1 aliphatic rings. The van der Waals surface area contributed by atoms with E-state index in [4.69, 9.17) is 22.6 Å². The van der Waals surface area contributed by atoms with Crippen LogP contribution >= 0.6 is 11.6 Å². The Morgan fingerprint density at radius 1 is 1.29 bits per heavy atom. The molecule has 0 radical (unpaired) electrons. The largest absolute Gasteiger partial charge is 0.336 e. The number of aromatic nitrogens is 4. The number of hydrogen-bond acceptors (Lipinski definition) is 5. The molecule has 3 heterocycles. The van der Waals surface area contributed by atoms with Crippen LogP contribution in [0.5, 0.6) is 0 Å². The minimum atomic E-state index is -0.677. The van der Waals surface area contributed by atoms with Gasteiger partial charge in [0.2, 0.25) is 0 Å². The number of fused-ring (bicyclic) bond motifs is 1. The van der Waals surface area contributed by atoms with Crippen LogP contribution in [0.4, 0.5) is 4.39 Å². The topological polar surface area (TPSA) is 106 Å². The lowest BCUT2D eigenvalue weighted by Crippen LogP contribution is -2.45. The lowest BCUT2D eigenvalue weighted by molar-refractivity contribution is 0.0703. The number of aryl methyl sites for hydroxylation is 2. The van der Waals surface area contributed by atoms with Crippen molar-refractivity contribution in [2.24, 2.45) is 12.8 Å². The summed E-state index contributed by atoms with van der Waals surface area (Å²) >= 11 is 6.81. The normalized spacial score (nSPS) is 16.0. The summed E-state index contributed by atoms with van der Waals surface area (Å²) in [6.45, 7) is 2.95. The number of imidazole rings is 1. The SMILES string of the molecule is Cc1c2cc(-n3c(-c4ccc(C#N)c(F)c4)nc(C(=O)N4CCC[C@@H](N)C4)c3Cl)ccc2nn1C. The van der Waals surface area contributed by atoms with Crippen LogP contribution < -0.4 is 5.73 Å². The molecular weight excluding hydrogens is 469 g/mol. The fourth-order valence-corrected chi connectivity index (χ4v) is 4.81. The first-order valence-corrected chi connectivity index (χ1v) is 11.6. The Balaban J connectivity index is 1.70. The number of amides is 1. The van der Waals surface area contributed by atoms with Gasteiger partial charge in [-0.1, -0.05) is 11.6 Å². The van der Waals surface area contributed by atoms with Gasteiger partial charge < -0.3 is 10.6 Å². The number of carbonyl (C=O) groups is 1. The van der Waals surface area contributed by atoms with E-state index in [1.54, 1.807) is 20.2 Å². The molecule has 1 aliphatic heterocycles. The van der Waals surface area contributed by atoms with Crippen molar-refractivity contribution in [2.45, 2.75) is 25.8 Å². The van der Waals surface area contributed by atoms with Gasteiger partial charge in [0.25, 0.3) is 5.91 Å². The number of carbonyl (C=O) groups excluding carboxylic acids is 1. The Morgan fingerprint density at radius 3 is 2.80 bits per heavy atom. The third-order valence-corrected chi connectivity index (χ3v) is 6.84. The van der Waals surface area contributed by atoms with Crippen LogP contribution in [0.1, 0.15) is 34.6 Å². The maximum atomic E-state index is 14.5. The number of nitrogens with two attached hydrogens (primary N) is 1. The molecule has 5 rings (SSSR count). The fourth-order valence-electron chi connectivity index (χ4n) is 4.51. The second-order valence-electron chi connectivity index (χ2n) is 8.78. The molecule has 8 nitrogen and oxygen atoms in total. The van der Waals surface area contributed by atoms with E-state index in [1.165, 1.54) is 12.1 Å². The first kappa shape index (κ1) is 23.0. The minimum Gasteiger partial charge on any atom is -0.336 e. The van der Waals surface area contributed by atoms with Crippen molar-refractivity contribution >= 4 is 28.4 Å². The lowest BCUT2D eigenvalue weighted by Gasteiger charge is -2.30. The van der Waals surface area contributed by atoms with E-state index < -0.39 is 5.82 Å². The van der Waals surface area contributed by atoms with Crippen molar-refractivity contribution in [3.8, 4) is 23.1 Å².